The van der Waals surface area contributed by atoms with Crippen molar-refractivity contribution >= 4 is 28.8 Å². The van der Waals surface area contributed by atoms with E-state index in [-0.39, 0.29) is 16.9 Å². The third-order valence-corrected chi connectivity index (χ3v) is 5.23. The van der Waals surface area contributed by atoms with E-state index in [1.165, 1.54) is 6.92 Å². The molecule has 2 atom stereocenters. The maximum atomic E-state index is 13.0. The molecule has 1 aliphatic rings. The second-order valence-corrected chi connectivity index (χ2v) is 8.82. The van der Waals surface area contributed by atoms with Gasteiger partial charge in [0.15, 0.2) is 11.2 Å². The quantitative estimate of drug-likeness (QED) is 0.753. The van der Waals surface area contributed by atoms with Crippen molar-refractivity contribution in [3.8, 4) is 0 Å². The Morgan fingerprint density at radius 2 is 1.92 bits per heavy atom. The van der Waals surface area contributed by atoms with Gasteiger partial charge in [0, 0.05) is 25.1 Å². The van der Waals surface area contributed by atoms with Crippen molar-refractivity contribution in [3.05, 3.63) is 35.4 Å². The molecule has 1 amide bonds. The van der Waals surface area contributed by atoms with Crippen LogP contribution in [-0.2, 0) is 25.5 Å². The molecule has 2 unspecified atom stereocenters. The Kier molecular flexibility index (Phi) is 6.50. The van der Waals surface area contributed by atoms with E-state index in [0.29, 0.717) is 18.7 Å². The lowest BCUT2D eigenvalue weighted by molar-refractivity contribution is -0.166. The topological polar surface area (TPSA) is 63.7 Å². The highest BCUT2D eigenvalue weighted by Crippen LogP contribution is 2.33. The van der Waals surface area contributed by atoms with Crippen molar-refractivity contribution in [2.75, 3.05) is 12.3 Å². The summed E-state index contributed by atoms with van der Waals surface area (Å²) < 4.78 is 5.60. The number of thioether (sulfide) groups is 1. The summed E-state index contributed by atoms with van der Waals surface area (Å²) in [5.74, 6) is -0.472. The van der Waals surface area contributed by atoms with Gasteiger partial charge in [-0.3, -0.25) is 9.59 Å². The van der Waals surface area contributed by atoms with Crippen molar-refractivity contribution in [3.63, 3.8) is 0 Å². The number of ether oxygens (including phenoxy) is 1. The second kappa shape index (κ2) is 8.25. The Morgan fingerprint density at radius 3 is 2.54 bits per heavy atom. The normalized spacial score (nSPS) is 18.0. The number of hydrogen-bond donors (Lipinski definition) is 0. The minimum atomic E-state index is -0.739. The number of nitrogens with zero attached hydrogens (tertiary/aromatic N) is 1. The summed E-state index contributed by atoms with van der Waals surface area (Å²) in [7, 11) is 0. The first-order chi connectivity index (χ1) is 12.1. The number of rotatable bonds is 4. The molecule has 1 aromatic rings. The Morgan fingerprint density at radius 1 is 1.27 bits per heavy atom. The van der Waals surface area contributed by atoms with Crippen LogP contribution in [0.4, 0.5) is 0 Å². The lowest BCUT2D eigenvalue weighted by Crippen LogP contribution is -2.47. The maximum absolute atomic E-state index is 13.0. The van der Waals surface area contributed by atoms with Crippen LogP contribution in [0.25, 0.3) is 0 Å². The largest absolute Gasteiger partial charge is 0.458 e. The first kappa shape index (κ1) is 20.5. The third kappa shape index (κ3) is 5.10. The average molecular weight is 378 g/mol. The van der Waals surface area contributed by atoms with Crippen molar-refractivity contribution < 1.29 is 19.1 Å². The molecule has 26 heavy (non-hydrogen) atoms. The van der Waals surface area contributed by atoms with Crippen molar-refractivity contribution in [1.29, 1.82) is 0 Å². The number of carbonyl (C=O) groups excluding carboxylic acids is 3. The van der Waals surface area contributed by atoms with Crippen LogP contribution in [0, 0.1) is 5.92 Å². The zero-order valence-corrected chi connectivity index (χ0v) is 16.9. The molecule has 1 aromatic carbocycles. The van der Waals surface area contributed by atoms with Crippen LogP contribution in [0.1, 0.15) is 51.8 Å². The highest BCUT2D eigenvalue weighted by molar-refractivity contribution is 8.13. The molecule has 0 radical (unpaired) electrons. The van der Waals surface area contributed by atoms with Crippen LogP contribution in [0.3, 0.4) is 0 Å². The average Bonchev–Trinajstić information content (AvgIpc) is 2.56. The van der Waals surface area contributed by atoms with Crippen LogP contribution in [0.15, 0.2) is 24.3 Å². The fraction of sp³-hybridized carbons (Fsp3) is 0.550. The Labute approximate surface area is 159 Å². The lowest BCUT2D eigenvalue weighted by Gasteiger charge is -2.38. The number of esters is 1. The number of hydrogen-bond acceptors (Lipinski definition) is 5. The minimum Gasteiger partial charge on any atom is -0.458 e. The van der Waals surface area contributed by atoms with Crippen molar-refractivity contribution in [1.82, 2.24) is 4.90 Å². The van der Waals surface area contributed by atoms with Crippen LogP contribution < -0.4 is 0 Å². The smallest absolute Gasteiger partial charge is 0.334 e. The second-order valence-electron chi connectivity index (χ2n) is 7.62. The zero-order chi connectivity index (χ0) is 19.5. The van der Waals surface area contributed by atoms with Gasteiger partial charge in [0.05, 0.1) is 0 Å². The summed E-state index contributed by atoms with van der Waals surface area (Å²) in [6.07, 6.45) is 0.702. The Bertz CT molecular complexity index is 695. The molecule has 1 aliphatic heterocycles. The summed E-state index contributed by atoms with van der Waals surface area (Å²) in [6, 6.07) is 6.95. The van der Waals surface area contributed by atoms with Gasteiger partial charge < -0.3 is 9.64 Å². The van der Waals surface area contributed by atoms with Gasteiger partial charge in [0.2, 0.25) is 5.91 Å². The molecule has 0 bridgehead atoms. The summed E-state index contributed by atoms with van der Waals surface area (Å²) in [5.41, 5.74) is 1.26. The highest BCUT2D eigenvalue weighted by atomic mass is 32.2. The van der Waals surface area contributed by atoms with Crippen LogP contribution in [-0.4, -0.2) is 39.8 Å². The molecule has 6 heteroatoms. The van der Waals surface area contributed by atoms with E-state index in [9.17, 15) is 14.4 Å². The molecule has 142 valence electrons. The van der Waals surface area contributed by atoms with Gasteiger partial charge in [-0.15, -0.1) is 0 Å². The monoisotopic (exact) mass is 377 g/mol. The van der Waals surface area contributed by atoms with Crippen LogP contribution in [0.5, 0.6) is 0 Å². The van der Waals surface area contributed by atoms with E-state index in [1.54, 1.807) is 11.8 Å². The molecule has 0 saturated heterocycles. The fourth-order valence-corrected chi connectivity index (χ4v) is 3.64. The molecule has 0 fully saturated rings. The molecular formula is C20H27NO4S. The minimum absolute atomic E-state index is 0.0164. The van der Waals surface area contributed by atoms with E-state index in [0.717, 1.165) is 22.9 Å². The van der Waals surface area contributed by atoms with Gasteiger partial charge in [-0.2, -0.15) is 0 Å². The predicted molar refractivity (Wildman–Crippen MR) is 103 cm³/mol. The Balaban J connectivity index is 2.30. The van der Waals surface area contributed by atoms with Gasteiger partial charge in [0.25, 0.3) is 0 Å². The third-order valence-electron chi connectivity index (χ3n) is 4.15. The van der Waals surface area contributed by atoms with Gasteiger partial charge in [0.1, 0.15) is 5.60 Å². The van der Waals surface area contributed by atoms with E-state index in [4.69, 9.17) is 4.74 Å². The molecular weight excluding hydrogens is 350 g/mol. The van der Waals surface area contributed by atoms with Gasteiger partial charge >= 0.3 is 5.97 Å². The number of benzene rings is 1. The van der Waals surface area contributed by atoms with E-state index >= 15 is 0 Å². The van der Waals surface area contributed by atoms with Gasteiger partial charge in [-0.05, 0) is 38.3 Å². The number of amides is 1. The number of carbonyl (C=O) groups is 3. The maximum Gasteiger partial charge on any atom is 0.334 e. The lowest BCUT2D eigenvalue weighted by atomic mass is 9.91. The summed E-state index contributed by atoms with van der Waals surface area (Å²) in [4.78, 5) is 38.7. The molecule has 0 saturated carbocycles. The van der Waals surface area contributed by atoms with E-state index in [1.807, 2.05) is 45.0 Å². The van der Waals surface area contributed by atoms with Gasteiger partial charge in [-0.25, -0.2) is 4.79 Å². The van der Waals surface area contributed by atoms with Crippen molar-refractivity contribution in [2.24, 2.45) is 5.92 Å². The molecule has 1 heterocycles. The molecule has 2 rings (SSSR count). The van der Waals surface area contributed by atoms with Gasteiger partial charge in [-0.1, -0.05) is 43.0 Å². The number of fused-ring (bicyclic) bond motifs is 1. The summed E-state index contributed by atoms with van der Waals surface area (Å²) >= 11 is 1.13. The Hall–Kier alpha value is -1.82. The fourth-order valence-electron chi connectivity index (χ4n) is 3.01. The molecule has 0 aromatic heterocycles. The van der Waals surface area contributed by atoms with Crippen molar-refractivity contribution in [2.45, 2.75) is 52.7 Å². The summed E-state index contributed by atoms with van der Waals surface area (Å²) in [5, 5.41) is -0.0164. The molecule has 0 aliphatic carbocycles. The molecule has 5 nitrogen and oxygen atoms in total. The van der Waals surface area contributed by atoms with Crippen LogP contribution in [0.2, 0.25) is 0 Å². The summed E-state index contributed by atoms with van der Waals surface area (Å²) in [6.45, 7) is 9.20. The highest BCUT2D eigenvalue weighted by Gasteiger charge is 2.39. The van der Waals surface area contributed by atoms with Crippen LogP contribution >= 0.6 is 11.8 Å². The van der Waals surface area contributed by atoms with E-state index in [2.05, 4.69) is 0 Å². The first-order valence-corrected chi connectivity index (χ1v) is 9.83. The predicted octanol–water partition coefficient (Wildman–Crippen LogP) is 3.37. The van der Waals surface area contributed by atoms with E-state index < -0.39 is 17.6 Å². The SMILES string of the molecule is CC(=O)SCC(C)C(=O)N1CCc2ccccc2C1C(=O)OC(C)(C)C. The molecule has 0 N–H and O–H groups in total. The standard InChI is InChI=1S/C20H27NO4S/c1-13(12-26-14(2)22)18(23)21-11-10-15-8-6-7-9-16(15)17(21)19(24)25-20(3,4)5/h6-9,13,17H,10-12H2,1-5H3. The first-order valence-electron chi connectivity index (χ1n) is 8.84. The zero-order valence-electron chi connectivity index (χ0n) is 16.1. The molecule has 0 spiro atoms.